The van der Waals surface area contributed by atoms with Crippen molar-refractivity contribution in [2.45, 2.75) is 6.92 Å². The third-order valence-corrected chi connectivity index (χ3v) is 2.76. The van der Waals surface area contributed by atoms with E-state index in [-0.39, 0.29) is 11.3 Å². The van der Waals surface area contributed by atoms with Crippen LogP contribution in [0.15, 0.2) is 60.6 Å². The number of carbonyl (C=O) groups is 2. The number of carbonyl (C=O) groups excluding carboxylic acids is 2. The van der Waals surface area contributed by atoms with Gasteiger partial charge in [0.25, 0.3) is 0 Å². The Labute approximate surface area is 122 Å². The van der Waals surface area contributed by atoms with Gasteiger partial charge in [0.15, 0.2) is 5.78 Å². The summed E-state index contributed by atoms with van der Waals surface area (Å²) < 4.78 is 0. The number of rotatable bonds is 5. The molecule has 5 nitrogen and oxygen atoms in total. The molecule has 2 aromatic rings. The monoisotopic (exact) mass is 281 g/mol. The summed E-state index contributed by atoms with van der Waals surface area (Å²) in [5.74, 6) is -1.37. The molecule has 0 fully saturated rings. The zero-order valence-corrected chi connectivity index (χ0v) is 11.4. The molecule has 0 amide bonds. The van der Waals surface area contributed by atoms with Crippen LogP contribution in [0.3, 0.4) is 0 Å². The van der Waals surface area contributed by atoms with Gasteiger partial charge < -0.3 is 15.2 Å². The Bertz CT molecular complexity index is 676. The number of nitrogens with zero attached hydrogens (tertiary/aromatic N) is 1. The molecule has 106 valence electrons. The highest BCUT2D eigenvalue weighted by Crippen LogP contribution is 2.12. The Kier molecular flexibility index (Phi) is 4.46. The molecular formula is C16H13N2O3-. The lowest BCUT2D eigenvalue weighted by molar-refractivity contribution is -0.255. The van der Waals surface area contributed by atoms with E-state index in [1.807, 2.05) is 0 Å². The summed E-state index contributed by atoms with van der Waals surface area (Å²) >= 11 is 0. The molecule has 1 heterocycles. The van der Waals surface area contributed by atoms with Crippen LogP contribution in [-0.2, 0) is 0 Å². The second kappa shape index (κ2) is 6.47. The SMILES string of the molecule is C/C(=C\C(=O)c1cccnc1)Nc1ccc(C(=O)[O-])cc1. The van der Waals surface area contributed by atoms with Gasteiger partial charge in [-0.25, -0.2) is 0 Å². The van der Waals surface area contributed by atoms with Crippen LogP contribution in [0.4, 0.5) is 5.69 Å². The van der Waals surface area contributed by atoms with Crippen molar-refractivity contribution in [1.29, 1.82) is 0 Å². The first-order chi connectivity index (χ1) is 10.1. The van der Waals surface area contributed by atoms with Gasteiger partial charge in [0.2, 0.25) is 0 Å². The van der Waals surface area contributed by atoms with Crippen molar-refractivity contribution in [3.8, 4) is 0 Å². The minimum atomic E-state index is -1.22. The number of nitrogens with one attached hydrogen (secondary N) is 1. The molecule has 0 saturated heterocycles. The molecule has 0 saturated carbocycles. The maximum absolute atomic E-state index is 11.9. The van der Waals surface area contributed by atoms with Crippen molar-refractivity contribution in [2.75, 3.05) is 5.32 Å². The van der Waals surface area contributed by atoms with Gasteiger partial charge in [-0.1, -0.05) is 12.1 Å². The first kappa shape index (κ1) is 14.5. The van der Waals surface area contributed by atoms with Crippen molar-refractivity contribution in [1.82, 2.24) is 4.98 Å². The van der Waals surface area contributed by atoms with Crippen LogP contribution in [0.1, 0.15) is 27.6 Å². The van der Waals surface area contributed by atoms with Crippen molar-refractivity contribution in [2.24, 2.45) is 0 Å². The van der Waals surface area contributed by atoms with Gasteiger partial charge in [-0.15, -0.1) is 0 Å². The molecule has 0 aliphatic carbocycles. The summed E-state index contributed by atoms with van der Waals surface area (Å²) in [4.78, 5) is 26.5. The number of hydrogen-bond donors (Lipinski definition) is 1. The minimum Gasteiger partial charge on any atom is -0.545 e. The largest absolute Gasteiger partial charge is 0.545 e. The van der Waals surface area contributed by atoms with E-state index in [2.05, 4.69) is 10.3 Å². The molecule has 0 atom stereocenters. The van der Waals surface area contributed by atoms with Gasteiger partial charge in [0.1, 0.15) is 0 Å². The van der Waals surface area contributed by atoms with E-state index in [4.69, 9.17) is 0 Å². The minimum absolute atomic E-state index is 0.105. The van der Waals surface area contributed by atoms with Crippen LogP contribution in [-0.4, -0.2) is 16.7 Å². The van der Waals surface area contributed by atoms with Crippen molar-refractivity contribution >= 4 is 17.4 Å². The van der Waals surface area contributed by atoms with Crippen LogP contribution < -0.4 is 10.4 Å². The molecule has 1 aromatic carbocycles. The van der Waals surface area contributed by atoms with Crippen LogP contribution in [0.2, 0.25) is 0 Å². The predicted octanol–water partition coefficient (Wildman–Crippen LogP) is 1.64. The van der Waals surface area contributed by atoms with Crippen LogP contribution in [0, 0.1) is 0 Å². The molecule has 0 aliphatic rings. The Morgan fingerprint density at radius 3 is 2.43 bits per heavy atom. The van der Waals surface area contributed by atoms with Crippen LogP contribution in [0.25, 0.3) is 0 Å². The molecule has 0 bridgehead atoms. The molecule has 5 heteroatoms. The maximum Gasteiger partial charge on any atom is 0.189 e. The number of aromatic carboxylic acids is 1. The maximum atomic E-state index is 11.9. The summed E-state index contributed by atoms with van der Waals surface area (Å²) in [5.41, 5.74) is 1.94. The van der Waals surface area contributed by atoms with Crippen molar-refractivity contribution < 1.29 is 14.7 Å². The molecule has 1 aromatic heterocycles. The van der Waals surface area contributed by atoms with E-state index in [0.717, 1.165) is 0 Å². The fraction of sp³-hybridized carbons (Fsp3) is 0.0625. The standard InChI is InChI=1S/C16H14N2O3/c1-11(9-15(19)13-3-2-8-17-10-13)18-14-6-4-12(5-7-14)16(20)21/h2-10,18H,1H3,(H,20,21)/p-1/b11-9+. The summed E-state index contributed by atoms with van der Waals surface area (Å²) in [6, 6.07) is 9.48. The highest BCUT2D eigenvalue weighted by molar-refractivity contribution is 6.04. The first-order valence-electron chi connectivity index (χ1n) is 6.27. The van der Waals surface area contributed by atoms with Gasteiger partial charge in [-0.2, -0.15) is 0 Å². The Balaban J connectivity index is 2.07. The lowest BCUT2D eigenvalue weighted by Crippen LogP contribution is -2.21. The molecule has 0 spiro atoms. The topological polar surface area (TPSA) is 82.1 Å². The molecule has 1 N–H and O–H groups in total. The molecule has 0 aliphatic heterocycles. The number of aromatic nitrogens is 1. The Morgan fingerprint density at radius 2 is 1.86 bits per heavy atom. The summed E-state index contributed by atoms with van der Waals surface area (Å²) in [6.45, 7) is 1.75. The fourth-order valence-corrected chi connectivity index (χ4v) is 1.74. The quantitative estimate of drug-likeness (QED) is 0.665. The average Bonchev–Trinajstić information content (AvgIpc) is 2.48. The van der Waals surface area contributed by atoms with Gasteiger partial charge in [0.05, 0.1) is 5.97 Å². The number of benzene rings is 1. The third kappa shape index (κ3) is 4.01. The van der Waals surface area contributed by atoms with E-state index < -0.39 is 5.97 Å². The first-order valence-corrected chi connectivity index (χ1v) is 6.27. The van der Waals surface area contributed by atoms with E-state index in [1.165, 1.54) is 24.4 Å². The smallest absolute Gasteiger partial charge is 0.189 e. The van der Waals surface area contributed by atoms with Gasteiger partial charge in [-0.3, -0.25) is 9.78 Å². The number of hydrogen-bond acceptors (Lipinski definition) is 5. The Morgan fingerprint density at radius 1 is 1.14 bits per heavy atom. The summed E-state index contributed by atoms with van der Waals surface area (Å²) in [7, 11) is 0. The highest BCUT2D eigenvalue weighted by atomic mass is 16.4. The van der Waals surface area contributed by atoms with E-state index in [0.29, 0.717) is 16.9 Å². The highest BCUT2D eigenvalue weighted by Gasteiger charge is 2.03. The van der Waals surface area contributed by atoms with E-state index >= 15 is 0 Å². The summed E-state index contributed by atoms with van der Waals surface area (Å²) in [6.07, 6.45) is 4.56. The fourth-order valence-electron chi connectivity index (χ4n) is 1.74. The van der Waals surface area contributed by atoms with Gasteiger partial charge in [-0.05, 0) is 36.8 Å². The van der Waals surface area contributed by atoms with Crippen molar-refractivity contribution in [3.63, 3.8) is 0 Å². The predicted molar refractivity (Wildman–Crippen MR) is 76.7 cm³/mol. The number of ketones is 1. The van der Waals surface area contributed by atoms with E-state index in [9.17, 15) is 14.7 Å². The Hall–Kier alpha value is -2.95. The number of allylic oxidation sites excluding steroid dienone is 2. The summed E-state index contributed by atoms with van der Waals surface area (Å²) in [5, 5.41) is 13.7. The molecule has 0 unspecified atom stereocenters. The number of carboxylic acid groups (broad SMARTS) is 1. The molecule has 21 heavy (non-hydrogen) atoms. The van der Waals surface area contributed by atoms with Crippen molar-refractivity contribution in [3.05, 3.63) is 71.7 Å². The second-order valence-electron chi connectivity index (χ2n) is 4.42. The lowest BCUT2D eigenvalue weighted by atomic mass is 10.1. The molecule has 2 rings (SSSR count). The van der Waals surface area contributed by atoms with Gasteiger partial charge >= 0.3 is 0 Å². The number of anilines is 1. The molecule has 0 radical (unpaired) electrons. The van der Waals surface area contributed by atoms with Crippen LogP contribution >= 0.6 is 0 Å². The normalized spacial score (nSPS) is 11.0. The molecular weight excluding hydrogens is 268 g/mol. The zero-order valence-electron chi connectivity index (χ0n) is 11.4. The number of pyridine rings is 1. The van der Waals surface area contributed by atoms with Gasteiger partial charge in [0, 0.05) is 35.4 Å². The second-order valence-corrected chi connectivity index (χ2v) is 4.42. The zero-order chi connectivity index (χ0) is 15.2. The average molecular weight is 281 g/mol. The third-order valence-electron chi connectivity index (χ3n) is 2.76. The van der Waals surface area contributed by atoms with Crippen LogP contribution in [0.5, 0.6) is 0 Å². The van der Waals surface area contributed by atoms with E-state index in [1.54, 1.807) is 37.4 Å². The lowest BCUT2D eigenvalue weighted by Gasteiger charge is -2.08. The number of carboxylic acids is 1.